The molecule has 0 saturated carbocycles. The van der Waals surface area contributed by atoms with Crippen molar-refractivity contribution in [2.45, 2.75) is 33.2 Å². The minimum atomic E-state index is -0.101. The van der Waals surface area contributed by atoms with Crippen LogP contribution in [0, 0.1) is 13.8 Å². The summed E-state index contributed by atoms with van der Waals surface area (Å²) in [6.45, 7) is 6.33. The van der Waals surface area contributed by atoms with E-state index in [1.165, 1.54) is 0 Å². The molecule has 1 aliphatic heterocycles. The molecule has 1 amide bonds. The Bertz CT molecular complexity index is 1270. The zero-order valence-corrected chi connectivity index (χ0v) is 18.5. The van der Waals surface area contributed by atoms with Crippen molar-refractivity contribution in [1.29, 1.82) is 0 Å². The average molecular weight is 426 g/mol. The Hall–Kier alpha value is -3.67. The van der Waals surface area contributed by atoms with Gasteiger partial charge in [0.15, 0.2) is 0 Å². The maximum Gasteiger partial charge on any atom is 0.255 e. The Morgan fingerprint density at radius 2 is 1.72 bits per heavy atom. The predicted octanol–water partition coefficient (Wildman–Crippen LogP) is 4.57. The molecular formula is C26H27N5O. The van der Waals surface area contributed by atoms with E-state index in [0.717, 1.165) is 65.3 Å². The predicted molar refractivity (Wildman–Crippen MR) is 127 cm³/mol. The van der Waals surface area contributed by atoms with Crippen molar-refractivity contribution in [2.75, 3.05) is 18.0 Å². The van der Waals surface area contributed by atoms with E-state index in [4.69, 9.17) is 10.1 Å². The fourth-order valence-electron chi connectivity index (χ4n) is 4.46. The number of anilines is 1. The highest BCUT2D eigenvalue weighted by Gasteiger charge is 2.22. The number of hydrogen-bond donors (Lipinski definition) is 1. The van der Waals surface area contributed by atoms with Gasteiger partial charge in [0.2, 0.25) is 0 Å². The van der Waals surface area contributed by atoms with Crippen LogP contribution < -0.4 is 10.2 Å². The monoisotopic (exact) mass is 425 g/mol. The first-order valence-corrected chi connectivity index (χ1v) is 11.2. The average Bonchev–Trinajstić information content (AvgIpc) is 3.46. The summed E-state index contributed by atoms with van der Waals surface area (Å²) < 4.78 is 1.93. The first-order chi connectivity index (χ1) is 15.6. The first-order valence-electron chi connectivity index (χ1n) is 11.2. The van der Waals surface area contributed by atoms with Crippen molar-refractivity contribution in [2.24, 2.45) is 0 Å². The summed E-state index contributed by atoms with van der Waals surface area (Å²) >= 11 is 0. The van der Waals surface area contributed by atoms with Crippen LogP contribution in [0.25, 0.3) is 16.6 Å². The van der Waals surface area contributed by atoms with Crippen LogP contribution in [0.15, 0.2) is 60.7 Å². The summed E-state index contributed by atoms with van der Waals surface area (Å²) in [6, 6.07) is 20.0. The zero-order chi connectivity index (χ0) is 22.1. The van der Waals surface area contributed by atoms with E-state index in [9.17, 15) is 4.79 Å². The maximum atomic E-state index is 13.3. The number of carbonyl (C=O) groups excluding carboxylic acids is 1. The highest BCUT2D eigenvalue weighted by molar-refractivity contribution is 6.02. The number of rotatable bonds is 5. The summed E-state index contributed by atoms with van der Waals surface area (Å²) in [6.07, 6.45) is 2.26. The summed E-state index contributed by atoms with van der Waals surface area (Å²) in [5.41, 5.74) is 5.56. The van der Waals surface area contributed by atoms with Crippen LogP contribution in [0.4, 0.5) is 5.82 Å². The molecule has 0 unspecified atom stereocenters. The van der Waals surface area contributed by atoms with Crippen LogP contribution in [0.5, 0.6) is 0 Å². The second kappa shape index (κ2) is 8.46. The topological polar surface area (TPSA) is 63.1 Å². The Balaban J connectivity index is 1.43. The second-order valence-electron chi connectivity index (χ2n) is 8.33. The Morgan fingerprint density at radius 1 is 1.00 bits per heavy atom. The third-order valence-corrected chi connectivity index (χ3v) is 6.22. The minimum Gasteiger partial charge on any atom is -0.356 e. The summed E-state index contributed by atoms with van der Waals surface area (Å²) in [4.78, 5) is 20.4. The lowest BCUT2D eigenvalue weighted by atomic mass is 10.1. The van der Waals surface area contributed by atoms with Crippen molar-refractivity contribution >= 4 is 22.6 Å². The number of carbonyl (C=O) groups is 1. The van der Waals surface area contributed by atoms with Gasteiger partial charge in [-0.25, -0.2) is 9.67 Å². The van der Waals surface area contributed by atoms with Gasteiger partial charge in [-0.1, -0.05) is 36.4 Å². The number of benzene rings is 2. The fourth-order valence-corrected chi connectivity index (χ4v) is 4.46. The summed E-state index contributed by atoms with van der Waals surface area (Å²) in [5, 5.41) is 8.81. The van der Waals surface area contributed by atoms with Crippen molar-refractivity contribution in [3.05, 3.63) is 83.2 Å². The number of nitrogens with zero attached hydrogens (tertiary/aromatic N) is 4. The van der Waals surface area contributed by atoms with Crippen LogP contribution in [-0.4, -0.2) is 33.8 Å². The standard InChI is InChI=1S/C26H27N5O/c1-18-23(19(2)31(29-18)21-11-4-3-5-12-21)17-27-26(32)22-16-20-10-6-7-13-24(20)28-25(22)30-14-8-9-15-30/h3-7,10-13,16H,8-9,14-15,17H2,1-2H3,(H,27,32). The van der Waals surface area contributed by atoms with Crippen LogP contribution in [0.2, 0.25) is 0 Å². The number of nitrogens with one attached hydrogen (secondary N) is 1. The zero-order valence-electron chi connectivity index (χ0n) is 18.5. The first kappa shape index (κ1) is 20.2. The van der Waals surface area contributed by atoms with E-state index in [-0.39, 0.29) is 5.91 Å². The molecule has 1 fully saturated rings. The number of aryl methyl sites for hydroxylation is 1. The van der Waals surface area contributed by atoms with Crippen LogP contribution in [0.3, 0.4) is 0 Å². The molecule has 0 bridgehead atoms. The number of pyridine rings is 1. The molecule has 5 rings (SSSR count). The molecule has 0 radical (unpaired) electrons. The van der Waals surface area contributed by atoms with Gasteiger partial charge < -0.3 is 10.2 Å². The van der Waals surface area contributed by atoms with Gasteiger partial charge in [0.25, 0.3) is 5.91 Å². The third-order valence-electron chi connectivity index (χ3n) is 6.22. The molecule has 1 saturated heterocycles. The van der Waals surface area contributed by atoms with Gasteiger partial charge in [0.05, 0.1) is 22.5 Å². The highest BCUT2D eigenvalue weighted by Crippen LogP contribution is 2.27. The molecule has 4 aromatic rings. The lowest BCUT2D eigenvalue weighted by Crippen LogP contribution is -2.28. The van der Waals surface area contributed by atoms with Crippen LogP contribution >= 0.6 is 0 Å². The van der Waals surface area contributed by atoms with Crippen molar-refractivity contribution in [1.82, 2.24) is 20.1 Å². The molecule has 1 N–H and O–H groups in total. The van der Waals surface area contributed by atoms with E-state index < -0.39 is 0 Å². The Kier molecular flexibility index (Phi) is 5.35. The maximum absolute atomic E-state index is 13.3. The number of aromatic nitrogens is 3. The molecule has 1 aliphatic rings. The van der Waals surface area contributed by atoms with Crippen LogP contribution in [0.1, 0.15) is 40.2 Å². The largest absolute Gasteiger partial charge is 0.356 e. The molecule has 0 atom stereocenters. The molecule has 0 aliphatic carbocycles. The number of amides is 1. The smallest absolute Gasteiger partial charge is 0.255 e. The third kappa shape index (κ3) is 3.73. The molecule has 6 heteroatoms. The SMILES string of the molecule is Cc1nn(-c2ccccc2)c(C)c1CNC(=O)c1cc2ccccc2nc1N1CCCC1. The van der Waals surface area contributed by atoms with Crippen molar-refractivity contribution in [3.63, 3.8) is 0 Å². The number of para-hydroxylation sites is 2. The van der Waals surface area contributed by atoms with Crippen molar-refractivity contribution in [3.8, 4) is 5.69 Å². The lowest BCUT2D eigenvalue weighted by Gasteiger charge is -2.20. The van der Waals surface area contributed by atoms with Gasteiger partial charge in [-0.2, -0.15) is 5.10 Å². The Morgan fingerprint density at radius 3 is 2.50 bits per heavy atom. The van der Waals surface area contributed by atoms with Crippen molar-refractivity contribution < 1.29 is 4.79 Å². The minimum absolute atomic E-state index is 0.101. The highest BCUT2D eigenvalue weighted by atomic mass is 16.1. The van der Waals surface area contributed by atoms with Gasteiger partial charge in [-0.15, -0.1) is 0 Å². The van der Waals surface area contributed by atoms with E-state index >= 15 is 0 Å². The van der Waals surface area contributed by atoms with E-state index in [1.54, 1.807) is 0 Å². The molecule has 162 valence electrons. The summed E-state index contributed by atoms with van der Waals surface area (Å²) in [7, 11) is 0. The van der Waals surface area contributed by atoms with Crippen LogP contribution in [-0.2, 0) is 6.54 Å². The summed E-state index contributed by atoms with van der Waals surface area (Å²) in [5.74, 6) is 0.684. The molecular weight excluding hydrogens is 398 g/mol. The number of fused-ring (bicyclic) bond motifs is 1. The van der Waals surface area contributed by atoms with Gasteiger partial charge >= 0.3 is 0 Å². The number of hydrogen-bond acceptors (Lipinski definition) is 4. The Labute approximate surface area is 187 Å². The second-order valence-corrected chi connectivity index (χ2v) is 8.33. The van der Waals surface area contributed by atoms with Gasteiger partial charge in [0, 0.05) is 36.3 Å². The molecule has 2 aromatic carbocycles. The van der Waals surface area contributed by atoms with Gasteiger partial charge in [-0.3, -0.25) is 4.79 Å². The van der Waals surface area contributed by atoms with Gasteiger partial charge in [0.1, 0.15) is 5.82 Å². The lowest BCUT2D eigenvalue weighted by molar-refractivity contribution is 0.0951. The van der Waals surface area contributed by atoms with E-state index in [1.807, 2.05) is 79.2 Å². The molecule has 2 aromatic heterocycles. The fraction of sp³-hybridized carbons (Fsp3) is 0.269. The molecule has 32 heavy (non-hydrogen) atoms. The van der Waals surface area contributed by atoms with Gasteiger partial charge in [-0.05, 0) is 51.0 Å². The molecule has 3 heterocycles. The van der Waals surface area contributed by atoms with E-state index in [0.29, 0.717) is 12.1 Å². The molecule has 0 spiro atoms. The molecule has 6 nitrogen and oxygen atoms in total. The van der Waals surface area contributed by atoms with E-state index in [2.05, 4.69) is 10.2 Å². The normalized spacial score (nSPS) is 13.6. The quantitative estimate of drug-likeness (QED) is 0.509.